The number of amides is 1. The number of anilines is 1. The Morgan fingerprint density at radius 3 is 2.26 bits per heavy atom. The van der Waals surface area contributed by atoms with Gasteiger partial charge in [-0.3, -0.25) is 9.59 Å². The molecule has 2 aliphatic rings. The molecule has 124 valence electrons. The molecule has 0 radical (unpaired) electrons. The second-order valence-electron chi connectivity index (χ2n) is 7.43. The number of fused-ring (bicyclic) bond motifs is 2. The van der Waals surface area contributed by atoms with Crippen LogP contribution in [0.15, 0.2) is 24.3 Å². The second-order valence-corrected chi connectivity index (χ2v) is 7.43. The van der Waals surface area contributed by atoms with E-state index in [1.165, 1.54) is 0 Å². The van der Waals surface area contributed by atoms with Crippen molar-refractivity contribution in [2.24, 2.45) is 10.8 Å². The highest BCUT2D eigenvalue weighted by Crippen LogP contribution is 2.65. The van der Waals surface area contributed by atoms with E-state index in [1.807, 2.05) is 20.8 Å². The minimum Gasteiger partial charge on any atom is -0.448 e. The molecule has 2 N–H and O–H groups in total. The minimum absolute atomic E-state index is 0.276. The Labute approximate surface area is 136 Å². The summed E-state index contributed by atoms with van der Waals surface area (Å²) < 4.78 is 5.57. The summed E-state index contributed by atoms with van der Waals surface area (Å²) in [6.45, 7) is 7.43. The molecule has 0 aromatic heterocycles. The largest absolute Gasteiger partial charge is 0.448 e. The average Bonchev–Trinajstić information content (AvgIpc) is 2.78. The van der Waals surface area contributed by atoms with Gasteiger partial charge < -0.3 is 15.2 Å². The summed E-state index contributed by atoms with van der Waals surface area (Å²) >= 11 is 0. The van der Waals surface area contributed by atoms with Gasteiger partial charge in [0, 0.05) is 11.1 Å². The molecule has 1 amide bonds. The van der Waals surface area contributed by atoms with E-state index < -0.39 is 22.5 Å². The Morgan fingerprint density at radius 2 is 1.83 bits per heavy atom. The van der Waals surface area contributed by atoms with Crippen LogP contribution in [0.3, 0.4) is 0 Å². The number of aliphatic hydroxyl groups excluding tert-OH is 1. The lowest BCUT2D eigenvalue weighted by Gasteiger charge is -2.35. The zero-order chi connectivity index (χ0) is 17.0. The molecule has 1 aromatic rings. The fourth-order valence-corrected chi connectivity index (χ4v) is 3.82. The van der Waals surface area contributed by atoms with Gasteiger partial charge in [0.25, 0.3) is 5.91 Å². The van der Waals surface area contributed by atoms with Gasteiger partial charge in [0.2, 0.25) is 0 Å². The minimum atomic E-state index is -1.11. The predicted molar refractivity (Wildman–Crippen MR) is 85.7 cm³/mol. The van der Waals surface area contributed by atoms with E-state index >= 15 is 0 Å². The Bertz CT molecular complexity index is 664. The molecule has 1 saturated carbocycles. The van der Waals surface area contributed by atoms with Crippen molar-refractivity contribution in [3.8, 4) is 0 Å². The summed E-state index contributed by atoms with van der Waals surface area (Å²) in [7, 11) is 0. The van der Waals surface area contributed by atoms with Crippen LogP contribution in [-0.4, -0.2) is 22.6 Å². The molecule has 0 spiro atoms. The smallest absolute Gasteiger partial charge is 0.313 e. The Hall–Kier alpha value is -1.88. The number of hydrogen-bond acceptors (Lipinski definition) is 4. The van der Waals surface area contributed by atoms with E-state index in [1.54, 1.807) is 31.2 Å². The molecule has 1 aliphatic heterocycles. The Balaban J connectivity index is 1.85. The highest BCUT2D eigenvalue weighted by Gasteiger charge is 2.75. The van der Waals surface area contributed by atoms with Crippen LogP contribution in [-0.2, 0) is 14.3 Å². The van der Waals surface area contributed by atoms with Gasteiger partial charge in [0.1, 0.15) is 0 Å². The lowest BCUT2D eigenvalue weighted by Crippen LogP contribution is -2.50. The number of carbonyl (C=O) groups is 2. The van der Waals surface area contributed by atoms with Gasteiger partial charge in [-0.25, -0.2) is 0 Å². The van der Waals surface area contributed by atoms with Crippen LogP contribution in [0, 0.1) is 10.8 Å². The summed E-state index contributed by atoms with van der Waals surface area (Å²) in [6.07, 6.45) is 0.649. The molecule has 2 fully saturated rings. The Kier molecular flexibility index (Phi) is 3.34. The third-order valence-corrected chi connectivity index (χ3v) is 6.10. The van der Waals surface area contributed by atoms with Gasteiger partial charge >= 0.3 is 5.97 Å². The zero-order valence-electron chi connectivity index (χ0n) is 14.0. The standard InChI is InChI=1S/C18H23NO4/c1-11(20)12-5-7-13(8-6-12)19-14(21)18-10-9-17(4,15(22)23-18)16(18,2)3/h5-8,11,20H,9-10H2,1-4H3,(H,19,21)/t11-,17+,18-/m1/s1. The summed E-state index contributed by atoms with van der Waals surface area (Å²) in [6, 6.07) is 7.02. The van der Waals surface area contributed by atoms with Crippen molar-refractivity contribution in [1.82, 2.24) is 0 Å². The fourth-order valence-electron chi connectivity index (χ4n) is 3.82. The van der Waals surface area contributed by atoms with E-state index in [0.717, 1.165) is 5.56 Å². The van der Waals surface area contributed by atoms with Crippen LogP contribution in [0.4, 0.5) is 5.69 Å². The number of esters is 1. The number of carbonyl (C=O) groups excluding carboxylic acids is 2. The molecule has 3 atom stereocenters. The fraction of sp³-hybridized carbons (Fsp3) is 0.556. The summed E-state index contributed by atoms with van der Waals surface area (Å²) in [5.74, 6) is -0.560. The van der Waals surface area contributed by atoms with Crippen molar-refractivity contribution in [2.45, 2.75) is 52.2 Å². The first-order valence-corrected chi connectivity index (χ1v) is 7.97. The molecule has 1 aromatic carbocycles. The quantitative estimate of drug-likeness (QED) is 0.841. The number of benzene rings is 1. The van der Waals surface area contributed by atoms with Gasteiger partial charge in [0.15, 0.2) is 5.60 Å². The van der Waals surface area contributed by atoms with Crippen molar-refractivity contribution in [3.63, 3.8) is 0 Å². The molecule has 23 heavy (non-hydrogen) atoms. The molecule has 5 nitrogen and oxygen atoms in total. The maximum atomic E-state index is 12.9. The van der Waals surface area contributed by atoms with E-state index in [0.29, 0.717) is 18.5 Å². The molecule has 1 aliphatic carbocycles. The molecule has 1 heterocycles. The predicted octanol–water partition coefficient (Wildman–Crippen LogP) is 2.80. The van der Waals surface area contributed by atoms with E-state index in [-0.39, 0.29) is 11.9 Å². The molecular weight excluding hydrogens is 294 g/mol. The number of hydrogen-bond donors (Lipinski definition) is 2. The van der Waals surface area contributed by atoms with Crippen molar-refractivity contribution < 1.29 is 19.4 Å². The third-order valence-electron chi connectivity index (χ3n) is 6.10. The zero-order valence-corrected chi connectivity index (χ0v) is 14.0. The molecular formula is C18H23NO4. The lowest BCUT2D eigenvalue weighted by molar-refractivity contribution is -0.165. The van der Waals surface area contributed by atoms with Crippen LogP contribution < -0.4 is 5.32 Å². The Morgan fingerprint density at radius 1 is 1.22 bits per heavy atom. The SMILES string of the molecule is C[C@@H](O)c1ccc(NC(=O)[C@@]23CC[C@@](C)(C(=O)O2)C3(C)C)cc1. The van der Waals surface area contributed by atoms with Gasteiger partial charge in [-0.15, -0.1) is 0 Å². The molecule has 3 rings (SSSR count). The van der Waals surface area contributed by atoms with Gasteiger partial charge in [-0.1, -0.05) is 26.0 Å². The third kappa shape index (κ3) is 1.96. The maximum absolute atomic E-state index is 12.9. The van der Waals surface area contributed by atoms with Crippen molar-refractivity contribution in [1.29, 1.82) is 0 Å². The van der Waals surface area contributed by atoms with Crippen LogP contribution >= 0.6 is 0 Å². The highest BCUT2D eigenvalue weighted by molar-refractivity contribution is 6.03. The molecule has 0 unspecified atom stereocenters. The van der Waals surface area contributed by atoms with Crippen LogP contribution in [0.2, 0.25) is 0 Å². The number of ether oxygens (including phenoxy) is 1. The van der Waals surface area contributed by atoms with Crippen LogP contribution in [0.1, 0.15) is 52.2 Å². The topological polar surface area (TPSA) is 75.6 Å². The second kappa shape index (κ2) is 4.81. The molecule has 5 heteroatoms. The van der Waals surface area contributed by atoms with Gasteiger partial charge in [-0.05, 0) is 44.4 Å². The van der Waals surface area contributed by atoms with Crippen molar-refractivity contribution >= 4 is 17.6 Å². The van der Waals surface area contributed by atoms with E-state index in [2.05, 4.69) is 5.32 Å². The van der Waals surface area contributed by atoms with Gasteiger partial charge in [-0.2, -0.15) is 0 Å². The number of aliphatic hydroxyl groups is 1. The first-order chi connectivity index (χ1) is 10.6. The number of rotatable bonds is 3. The molecule has 1 saturated heterocycles. The van der Waals surface area contributed by atoms with Gasteiger partial charge in [0.05, 0.1) is 11.5 Å². The first kappa shape index (κ1) is 16.0. The summed E-state index contributed by atoms with van der Waals surface area (Å²) in [5, 5.41) is 12.4. The first-order valence-electron chi connectivity index (χ1n) is 7.97. The normalized spacial score (nSPS) is 32.5. The van der Waals surface area contributed by atoms with Crippen LogP contribution in [0.5, 0.6) is 0 Å². The van der Waals surface area contributed by atoms with Crippen molar-refractivity contribution in [3.05, 3.63) is 29.8 Å². The lowest BCUT2D eigenvalue weighted by atomic mass is 9.66. The molecule has 2 bridgehead atoms. The summed E-state index contributed by atoms with van der Waals surface area (Å²) in [5.41, 5.74) is -0.869. The van der Waals surface area contributed by atoms with E-state index in [4.69, 9.17) is 4.74 Å². The van der Waals surface area contributed by atoms with E-state index in [9.17, 15) is 14.7 Å². The highest BCUT2D eigenvalue weighted by atomic mass is 16.6. The van der Waals surface area contributed by atoms with Crippen LogP contribution in [0.25, 0.3) is 0 Å². The number of nitrogens with one attached hydrogen (secondary N) is 1. The van der Waals surface area contributed by atoms with Crippen molar-refractivity contribution in [2.75, 3.05) is 5.32 Å². The maximum Gasteiger partial charge on any atom is 0.313 e. The summed E-state index contributed by atoms with van der Waals surface area (Å²) in [4.78, 5) is 25.1. The monoisotopic (exact) mass is 317 g/mol. The average molecular weight is 317 g/mol.